The number of nitrogens with one attached hydrogen (secondary N) is 2. The first kappa shape index (κ1) is 17.8. The summed E-state index contributed by atoms with van der Waals surface area (Å²) in [6.45, 7) is 0.164. The van der Waals surface area contributed by atoms with E-state index in [-0.39, 0.29) is 18.9 Å². The van der Waals surface area contributed by atoms with Crippen molar-refractivity contribution in [1.82, 2.24) is 10.9 Å². The van der Waals surface area contributed by atoms with Gasteiger partial charge in [-0.1, -0.05) is 24.3 Å². The van der Waals surface area contributed by atoms with Gasteiger partial charge in [-0.3, -0.25) is 20.4 Å². The monoisotopic (exact) mass is 392 g/mol. The van der Waals surface area contributed by atoms with Crippen LogP contribution in [0.5, 0.6) is 11.5 Å². The summed E-state index contributed by atoms with van der Waals surface area (Å²) in [5.41, 5.74) is 5.15. The molecule has 0 saturated heterocycles. The number of halogens is 1. The average Bonchev–Trinajstić information content (AvgIpc) is 2.60. The molecular formula is C17H17BrN2O4. The van der Waals surface area contributed by atoms with Crippen LogP contribution in [-0.2, 0) is 4.79 Å². The third kappa shape index (κ3) is 4.99. The van der Waals surface area contributed by atoms with Gasteiger partial charge >= 0.3 is 0 Å². The fraction of sp³-hybridized carbons (Fsp3) is 0.176. The van der Waals surface area contributed by atoms with Crippen molar-refractivity contribution in [3.8, 4) is 11.5 Å². The summed E-state index contributed by atoms with van der Waals surface area (Å²) in [6.07, 6.45) is 0.0916. The Bertz CT molecular complexity index is 721. The van der Waals surface area contributed by atoms with Crippen LogP contribution in [-0.4, -0.2) is 25.5 Å². The molecule has 0 fully saturated rings. The maximum absolute atomic E-state index is 11.9. The molecular weight excluding hydrogens is 376 g/mol. The van der Waals surface area contributed by atoms with Crippen LogP contribution in [0.2, 0.25) is 0 Å². The lowest BCUT2D eigenvalue weighted by Crippen LogP contribution is -2.42. The molecule has 0 heterocycles. The number of carbonyl (C=O) groups is 2. The number of benzene rings is 2. The zero-order chi connectivity index (χ0) is 17.4. The summed E-state index contributed by atoms with van der Waals surface area (Å²) >= 11 is 3.28. The van der Waals surface area contributed by atoms with Crippen LogP contribution < -0.4 is 20.3 Å². The number of amides is 2. The van der Waals surface area contributed by atoms with Crippen molar-refractivity contribution < 1.29 is 19.1 Å². The predicted molar refractivity (Wildman–Crippen MR) is 92.9 cm³/mol. The van der Waals surface area contributed by atoms with Crippen molar-refractivity contribution in [1.29, 1.82) is 0 Å². The first-order valence-electron chi connectivity index (χ1n) is 7.21. The number of hydrazine groups is 1. The Labute approximate surface area is 148 Å². The molecule has 0 atom stereocenters. The van der Waals surface area contributed by atoms with E-state index in [0.29, 0.717) is 21.5 Å². The topological polar surface area (TPSA) is 76.7 Å². The van der Waals surface area contributed by atoms with E-state index < -0.39 is 5.91 Å². The SMILES string of the molecule is COc1ccccc1OCCC(=O)NNC(=O)c1ccccc1Br. The van der Waals surface area contributed by atoms with Crippen molar-refractivity contribution in [2.24, 2.45) is 0 Å². The Morgan fingerprint density at radius 2 is 1.67 bits per heavy atom. The lowest BCUT2D eigenvalue weighted by atomic mass is 10.2. The van der Waals surface area contributed by atoms with Gasteiger partial charge in [0.1, 0.15) is 0 Å². The lowest BCUT2D eigenvalue weighted by molar-refractivity contribution is -0.122. The van der Waals surface area contributed by atoms with Crippen molar-refractivity contribution >= 4 is 27.7 Å². The molecule has 0 radical (unpaired) electrons. The number of ether oxygens (including phenoxy) is 2. The molecule has 0 spiro atoms. The first-order valence-corrected chi connectivity index (χ1v) is 8.00. The van der Waals surface area contributed by atoms with Gasteiger partial charge in [-0.25, -0.2) is 0 Å². The summed E-state index contributed by atoms with van der Waals surface area (Å²) in [7, 11) is 1.55. The number of hydrogen-bond donors (Lipinski definition) is 2. The van der Waals surface area contributed by atoms with Crippen LogP contribution in [0.4, 0.5) is 0 Å². The van der Waals surface area contributed by atoms with E-state index >= 15 is 0 Å². The number of hydrogen-bond acceptors (Lipinski definition) is 4. The Morgan fingerprint density at radius 3 is 2.38 bits per heavy atom. The molecule has 0 saturated carbocycles. The molecule has 0 aliphatic rings. The molecule has 2 rings (SSSR count). The molecule has 2 aromatic carbocycles. The standard InChI is InChI=1S/C17H17BrN2O4/c1-23-14-8-4-5-9-15(14)24-11-10-16(21)19-20-17(22)12-6-2-3-7-13(12)18/h2-9H,10-11H2,1H3,(H,19,21)(H,20,22). The number of para-hydroxylation sites is 2. The highest BCUT2D eigenvalue weighted by Crippen LogP contribution is 2.25. The van der Waals surface area contributed by atoms with Gasteiger partial charge in [0.15, 0.2) is 11.5 Å². The van der Waals surface area contributed by atoms with Gasteiger partial charge in [0.2, 0.25) is 5.91 Å². The van der Waals surface area contributed by atoms with E-state index in [4.69, 9.17) is 9.47 Å². The maximum atomic E-state index is 11.9. The lowest BCUT2D eigenvalue weighted by Gasteiger charge is -2.11. The number of rotatable bonds is 6. The molecule has 0 aliphatic carbocycles. The summed E-state index contributed by atoms with van der Waals surface area (Å²) < 4.78 is 11.3. The molecule has 2 N–H and O–H groups in total. The molecule has 2 amide bonds. The van der Waals surface area contributed by atoms with Crippen LogP contribution in [0.25, 0.3) is 0 Å². The van der Waals surface area contributed by atoms with Crippen LogP contribution in [0.15, 0.2) is 53.0 Å². The summed E-state index contributed by atoms with van der Waals surface area (Å²) in [6, 6.07) is 14.1. The third-order valence-electron chi connectivity index (χ3n) is 3.09. The Balaban J connectivity index is 1.76. The molecule has 0 aromatic heterocycles. The van der Waals surface area contributed by atoms with E-state index in [1.54, 1.807) is 43.5 Å². The van der Waals surface area contributed by atoms with Gasteiger partial charge in [0.05, 0.1) is 25.7 Å². The van der Waals surface area contributed by atoms with Crippen molar-refractivity contribution in [2.45, 2.75) is 6.42 Å². The van der Waals surface area contributed by atoms with Crippen molar-refractivity contribution in [3.05, 3.63) is 58.6 Å². The minimum absolute atomic E-state index is 0.0916. The van der Waals surface area contributed by atoms with Crippen LogP contribution in [0.3, 0.4) is 0 Å². The molecule has 7 heteroatoms. The minimum Gasteiger partial charge on any atom is -0.493 e. The molecule has 2 aromatic rings. The second kappa shape index (κ2) is 8.93. The largest absolute Gasteiger partial charge is 0.493 e. The van der Waals surface area contributed by atoms with E-state index in [9.17, 15) is 9.59 Å². The molecule has 0 bridgehead atoms. The number of carbonyl (C=O) groups excluding carboxylic acids is 2. The minimum atomic E-state index is -0.401. The zero-order valence-corrected chi connectivity index (χ0v) is 14.6. The van der Waals surface area contributed by atoms with Gasteiger partial charge in [-0.15, -0.1) is 0 Å². The molecule has 0 unspecified atom stereocenters. The quantitative estimate of drug-likeness (QED) is 0.740. The highest BCUT2D eigenvalue weighted by atomic mass is 79.9. The maximum Gasteiger partial charge on any atom is 0.270 e. The van der Waals surface area contributed by atoms with Gasteiger partial charge in [-0.05, 0) is 40.2 Å². The Hall–Kier alpha value is -2.54. The summed E-state index contributed by atoms with van der Waals surface area (Å²) in [5, 5.41) is 0. The van der Waals surface area contributed by atoms with E-state index in [1.165, 1.54) is 0 Å². The second-order valence-electron chi connectivity index (χ2n) is 4.73. The van der Waals surface area contributed by atoms with E-state index in [0.717, 1.165) is 0 Å². The van der Waals surface area contributed by atoms with E-state index in [1.807, 2.05) is 12.1 Å². The summed E-state index contributed by atoms with van der Waals surface area (Å²) in [5.74, 6) is 0.400. The van der Waals surface area contributed by atoms with Gasteiger partial charge in [-0.2, -0.15) is 0 Å². The van der Waals surface area contributed by atoms with Crippen LogP contribution in [0.1, 0.15) is 16.8 Å². The van der Waals surface area contributed by atoms with Crippen molar-refractivity contribution in [3.63, 3.8) is 0 Å². The first-order chi connectivity index (χ1) is 11.6. The van der Waals surface area contributed by atoms with E-state index in [2.05, 4.69) is 26.8 Å². The van der Waals surface area contributed by atoms with Crippen molar-refractivity contribution in [2.75, 3.05) is 13.7 Å². The van der Waals surface area contributed by atoms with Gasteiger partial charge < -0.3 is 9.47 Å². The summed E-state index contributed by atoms with van der Waals surface area (Å²) in [4.78, 5) is 23.7. The Morgan fingerprint density at radius 1 is 1.00 bits per heavy atom. The molecule has 24 heavy (non-hydrogen) atoms. The molecule has 126 valence electrons. The van der Waals surface area contributed by atoms with Crippen LogP contribution >= 0.6 is 15.9 Å². The predicted octanol–water partition coefficient (Wildman–Crippen LogP) is 2.69. The molecule has 6 nitrogen and oxygen atoms in total. The number of methoxy groups -OCH3 is 1. The highest BCUT2D eigenvalue weighted by molar-refractivity contribution is 9.10. The zero-order valence-electron chi connectivity index (χ0n) is 13.0. The normalized spacial score (nSPS) is 9.92. The van der Waals surface area contributed by atoms with Crippen LogP contribution in [0, 0.1) is 0 Å². The van der Waals surface area contributed by atoms with Gasteiger partial charge in [0.25, 0.3) is 5.91 Å². The average molecular weight is 393 g/mol. The smallest absolute Gasteiger partial charge is 0.270 e. The fourth-order valence-electron chi connectivity index (χ4n) is 1.89. The molecule has 0 aliphatic heterocycles. The van der Waals surface area contributed by atoms with Gasteiger partial charge in [0, 0.05) is 4.47 Å². The third-order valence-corrected chi connectivity index (χ3v) is 3.78. The second-order valence-corrected chi connectivity index (χ2v) is 5.59. The highest BCUT2D eigenvalue weighted by Gasteiger charge is 2.10. The fourth-order valence-corrected chi connectivity index (χ4v) is 2.36. The Kier molecular flexibility index (Phi) is 6.62.